The Morgan fingerprint density at radius 2 is 1.97 bits per heavy atom. The summed E-state index contributed by atoms with van der Waals surface area (Å²) in [5.74, 6) is -1.35. The van der Waals surface area contributed by atoms with Crippen molar-refractivity contribution in [2.24, 2.45) is 0 Å². The number of aromatic nitrogens is 1. The molecule has 1 aromatic heterocycles. The SMILES string of the molecule is COc1ccc(C)cc1NC(=O)CNC(=O)/C=C/c1csc(N(C(C)=O)c2ccccc2F)n1. The van der Waals surface area contributed by atoms with Crippen molar-refractivity contribution < 1.29 is 23.5 Å². The van der Waals surface area contributed by atoms with Crippen molar-refractivity contribution in [1.82, 2.24) is 10.3 Å². The van der Waals surface area contributed by atoms with Gasteiger partial charge >= 0.3 is 0 Å². The van der Waals surface area contributed by atoms with Crippen molar-refractivity contribution in [2.45, 2.75) is 13.8 Å². The first kappa shape index (κ1) is 24.6. The second-order valence-electron chi connectivity index (χ2n) is 7.16. The van der Waals surface area contributed by atoms with Gasteiger partial charge in [0.1, 0.15) is 11.6 Å². The van der Waals surface area contributed by atoms with Crippen LogP contribution in [0.15, 0.2) is 53.9 Å². The monoisotopic (exact) mass is 482 g/mol. The van der Waals surface area contributed by atoms with E-state index in [0.29, 0.717) is 17.1 Å². The molecule has 1 heterocycles. The van der Waals surface area contributed by atoms with Crippen molar-refractivity contribution in [3.63, 3.8) is 0 Å². The number of hydrogen-bond acceptors (Lipinski definition) is 6. The van der Waals surface area contributed by atoms with E-state index in [9.17, 15) is 18.8 Å². The zero-order valence-electron chi connectivity index (χ0n) is 18.8. The number of amides is 3. The second kappa shape index (κ2) is 11.2. The maximum absolute atomic E-state index is 14.2. The summed E-state index contributed by atoms with van der Waals surface area (Å²) in [6.45, 7) is 2.96. The van der Waals surface area contributed by atoms with Gasteiger partial charge in [0.05, 0.1) is 30.7 Å². The smallest absolute Gasteiger partial charge is 0.244 e. The molecule has 0 spiro atoms. The molecule has 10 heteroatoms. The number of para-hydroxylation sites is 1. The number of carbonyl (C=O) groups is 3. The van der Waals surface area contributed by atoms with Gasteiger partial charge in [0.15, 0.2) is 5.13 Å². The van der Waals surface area contributed by atoms with Crippen LogP contribution in [-0.4, -0.2) is 36.4 Å². The van der Waals surface area contributed by atoms with Crippen LogP contribution in [0.2, 0.25) is 0 Å². The van der Waals surface area contributed by atoms with Crippen molar-refractivity contribution in [2.75, 3.05) is 23.9 Å². The van der Waals surface area contributed by atoms with Gasteiger partial charge in [0.25, 0.3) is 0 Å². The minimum atomic E-state index is -0.550. The fourth-order valence-electron chi connectivity index (χ4n) is 3.00. The molecule has 0 aliphatic rings. The van der Waals surface area contributed by atoms with E-state index in [1.165, 1.54) is 49.3 Å². The standard InChI is InChI=1S/C24H23FN4O4S/c1-15-8-10-21(33-3)19(12-15)28-23(32)13-26-22(31)11-9-17-14-34-24(27-17)29(16(2)30)20-7-5-4-6-18(20)25/h4-12,14H,13H2,1-3H3,(H,26,31)(H,28,32)/b11-9+. The van der Waals surface area contributed by atoms with E-state index >= 15 is 0 Å². The molecule has 2 aromatic carbocycles. The predicted molar refractivity (Wildman–Crippen MR) is 130 cm³/mol. The molecule has 0 unspecified atom stereocenters. The van der Waals surface area contributed by atoms with Crippen LogP contribution in [0.3, 0.4) is 0 Å². The van der Waals surface area contributed by atoms with E-state index in [-0.39, 0.29) is 17.4 Å². The average Bonchev–Trinajstić information content (AvgIpc) is 3.26. The molecule has 2 N–H and O–H groups in total. The molecule has 0 saturated carbocycles. The summed E-state index contributed by atoms with van der Waals surface area (Å²) in [6, 6.07) is 11.3. The van der Waals surface area contributed by atoms with Gasteiger partial charge in [-0.25, -0.2) is 9.37 Å². The van der Waals surface area contributed by atoms with Crippen LogP contribution in [-0.2, 0) is 14.4 Å². The second-order valence-corrected chi connectivity index (χ2v) is 8.00. The molecule has 3 amide bonds. The third-order valence-corrected chi connectivity index (χ3v) is 5.41. The number of thiazole rings is 1. The van der Waals surface area contributed by atoms with E-state index in [4.69, 9.17) is 4.74 Å². The lowest BCUT2D eigenvalue weighted by Crippen LogP contribution is -2.31. The molecule has 0 aliphatic carbocycles. The third-order valence-electron chi connectivity index (χ3n) is 4.57. The number of benzene rings is 2. The molecule has 8 nitrogen and oxygen atoms in total. The Balaban J connectivity index is 1.59. The largest absolute Gasteiger partial charge is 0.495 e. The fourth-order valence-corrected chi connectivity index (χ4v) is 3.85. The van der Waals surface area contributed by atoms with Gasteiger partial charge < -0.3 is 15.4 Å². The van der Waals surface area contributed by atoms with Gasteiger partial charge in [0, 0.05) is 18.4 Å². The van der Waals surface area contributed by atoms with Crippen LogP contribution < -0.4 is 20.3 Å². The Morgan fingerprint density at radius 3 is 2.68 bits per heavy atom. The maximum atomic E-state index is 14.2. The summed E-state index contributed by atoms with van der Waals surface area (Å²) < 4.78 is 19.4. The number of ether oxygens (including phenoxy) is 1. The summed E-state index contributed by atoms with van der Waals surface area (Å²) in [5, 5.41) is 7.08. The molecular formula is C24H23FN4O4S. The predicted octanol–water partition coefficient (Wildman–Crippen LogP) is 4.05. The molecule has 34 heavy (non-hydrogen) atoms. The molecule has 0 fully saturated rings. The first-order chi connectivity index (χ1) is 16.3. The van der Waals surface area contributed by atoms with Crippen molar-refractivity contribution >= 4 is 51.6 Å². The summed E-state index contributed by atoms with van der Waals surface area (Å²) in [6.07, 6.45) is 2.66. The molecule has 3 rings (SSSR count). The van der Waals surface area contributed by atoms with Gasteiger partial charge in [-0.2, -0.15) is 0 Å². The van der Waals surface area contributed by atoms with Gasteiger partial charge in [-0.05, 0) is 42.8 Å². The van der Waals surface area contributed by atoms with E-state index < -0.39 is 23.5 Å². The maximum Gasteiger partial charge on any atom is 0.244 e. The Labute approximate surface area is 200 Å². The number of carbonyl (C=O) groups excluding carboxylic acids is 3. The van der Waals surface area contributed by atoms with Crippen LogP contribution in [0.1, 0.15) is 18.2 Å². The van der Waals surface area contributed by atoms with Crippen LogP contribution >= 0.6 is 11.3 Å². The lowest BCUT2D eigenvalue weighted by molar-refractivity contribution is -0.121. The average molecular weight is 483 g/mol. The summed E-state index contributed by atoms with van der Waals surface area (Å²) in [4.78, 5) is 41.9. The number of halogens is 1. The van der Waals surface area contributed by atoms with Gasteiger partial charge in [-0.3, -0.25) is 19.3 Å². The normalized spacial score (nSPS) is 10.7. The quantitative estimate of drug-likeness (QED) is 0.472. The van der Waals surface area contributed by atoms with E-state index in [1.807, 2.05) is 13.0 Å². The highest BCUT2D eigenvalue weighted by Crippen LogP contribution is 2.31. The molecule has 3 aromatic rings. The third kappa shape index (κ3) is 6.26. The molecule has 0 aliphatic heterocycles. The summed E-state index contributed by atoms with van der Waals surface area (Å²) >= 11 is 1.13. The van der Waals surface area contributed by atoms with Crippen molar-refractivity contribution in [3.8, 4) is 5.75 Å². The molecule has 0 atom stereocenters. The highest BCUT2D eigenvalue weighted by molar-refractivity contribution is 7.14. The first-order valence-corrected chi connectivity index (χ1v) is 11.1. The number of hydrogen-bond donors (Lipinski definition) is 2. The Bertz CT molecular complexity index is 1240. The lowest BCUT2D eigenvalue weighted by Gasteiger charge is -2.18. The lowest BCUT2D eigenvalue weighted by atomic mass is 10.2. The minimum Gasteiger partial charge on any atom is -0.495 e. The molecule has 176 valence electrons. The Morgan fingerprint density at radius 1 is 1.21 bits per heavy atom. The highest BCUT2D eigenvalue weighted by atomic mass is 32.1. The van der Waals surface area contributed by atoms with Gasteiger partial charge in [0.2, 0.25) is 17.7 Å². The Kier molecular flexibility index (Phi) is 8.10. The number of nitrogens with zero attached hydrogens (tertiary/aromatic N) is 2. The summed E-state index contributed by atoms with van der Waals surface area (Å²) in [5.41, 5.74) is 1.96. The van der Waals surface area contributed by atoms with E-state index in [1.54, 1.807) is 23.6 Å². The highest BCUT2D eigenvalue weighted by Gasteiger charge is 2.20. The van der Waals surface area contributed by atoms with Crippen LogP contribution in [0.25, 0.3) is 6.08 Å². The zero-order chi connectivity index (χ0) is 24.7. The van der Waals surface area contributed by atoms with Crippen molar-refractivity contribution in [1.29, 1.82) is 0 Å². The number of rotatable bonds is 8. The molecule has 0 radical (unpaired) electrons. The summed E-state index contributed by atoms with van der Waals surface area (Å²) in [7, 11) is 1.50. The van der Waals surface area contributed by atoms with Crippen LogP contribution in [0, 0.1) is 12.7 Å². The number of anilines is 3. The molecule has 0 saturated heterocycles. The van der Waals surface area contributed by atoms with E-state index in [0.717, 1.165) is 16.9 Å². The molecular weight excluding hydrogens is 459 g/mol. The topological polar surface area (TPSA) is 101 Å². The van der Waals surface area contributed by atoms with Crippen molar-refractivity contribution in [3.05, 3.63) is 71.0 Å². The number of methoxy groups -OCH3 is 1. The van der Waals surface area contributed by atoms with Gasteiger partial charge in [-0.15, -0.1) is 11.3 Å². The van der Waals surface area contributed by atoms with Crippen LogP contribution in [0.5, 0.6) is 5.75 Å². The Hall–Kier alpha value is -4.05. The minimum absolute atomic E-state index is 0.0916. The zero-order valence-corrected chi connectivity index (χ0v) is 19.6. The fraction of sp³-hybridized carbons (Fsp3) is 0.167. The van der Waals surface area contributed by atoms with E-state index in [2.05, 4.69) is 15.6 Å². The number of nitrogens with one attached hydrogen (secondary N) is 2. The van der Waals surface area contributed by atoms with Gasteiger partial charge in [-0.1, -0.05) is 18.2 Å². The van der Waals surface area contributed by atoms with Crippen LogP contribution in [0.4, 0.5) is 20.9 Å². The molecule has 0 bridgehead atoms. The first-order valence-electron chi connectivity index (χ1n) is 10.2. The number of aryl methyl sites for hydroxylation is 1.